The van der Waals surface area contributed by atoms with Crippen molar-refractivity contribution in [2.24, 2.45) is 5.92 Å². The molecule has 0 radical (unpaired) electrons. The van der Waals surface area contributed by atoms with Gasteiger partial charge in [0.15, 0.2) is 0 Å². The summed E-state index contributed by atoms with van der Waals surface area (Å²) in [5.41, 5.74) is 3.48. The molecular weight excluding hydrogens is 290 g/mol. The number of aromatic nitrogens is 2. The van der Waals surface area contributed by atoms with Gasteiger partial charge < -0.3 is 10.1 Å². The van der Waals surface area contributed by atoms with Gasteiger partial charge in [0.25, 0.3) is 0 Å². The molecule has 0 fully saturated rings. The Morgan fingerprint density at radius 1 is 1.22 bits per heavy atom. The van der Waals surface area contributed by atoms with Crippen molar-refractivity contribution in [3.05, 3.63) is 35.9 Å². The first-order valence-electron chi connectivity index (χ1n) is 7.87. The highest BCUT2D eigenvalue weighted by Gasteiger charge is 2.09. The van der Waals surface area contributed by atoms with Crippen molar-refractivity contribution in [3.8, 4) is 17.1 Å². The van der Waals surface area contributed by atoms with E-state index in [9.17, 15) is 4.79 Å². The van der Waals surface area contributed by atoms with Gasteiger partial charge >= 0.3 is 0 Å². The van der Waals surface area contributed by atoms with Gasteiger partial charge in [0.2, 0.25) is 11.8 Å². The van der Waals surface area contributed by atoms with E-state index in [4.69, 9.17) is 4.74 Å². The average molecular weight is 313 g/mol. The molecule has 0 atom stereocenters. The summed E-state index contributed by atoms with van der Waals surface area (Å²) in [5.74, 6) is 0.863. The SMILES string of the molecule is CCOc1ccc(-c2ccc(C)c(NC(=O)CC(C)C)c2)nn1. The number of nitrogens with zero attached hydrogens (tertiary/aromatic N) is 2. The minimum Gasteiger partial charge on any atom is -0.477 e. The van der Waals surface area contributed by atoms with Crippen LogP contribution in [0.2, 0.25) is 0 Å². The first-order chi connectivity index (χ1) is 11.0. The summed E-state index contributed by atoms with van der Waals surface area (Å²) in [6, 6.07) is 9.53. The molecule has 0 saturated heterocycles. The maximum Gasteiger partial charge on any atom is 0.233 e. The van der Waals surface area contributed by atoms with Crippen LogP contribution >= 0.6 is 0 Å². The molecule has 0 aliphatic carbocycles. The van der Waals surface area contributed by atoms with Gasteiger partial charge in [-0.05, 0) is 37.5 Å². The smallest absolute Gasteiger partial charge is 0.233 e. The second-order valence-electron chi connectivity index (χ2n) is 5.87. The van der Waals surface area contributed by atoms with E-state index in [1.54, 1.807) is 6.07 Å². The molecule has 1 heterocycles. The number of hydrogen-bond donors (Lipinski definition) is 1. The molecule has 122 valence electrons. The number of amides is 1. The second kappa shape index (κ2) is 7.72. The van der Waals surface area contributed by atoms with Gasteiger partial charge in [-0.25, -0.2) is 0 Å². The highest BCUT2D eigenvalue weighted by molar-refractivity contribution is 5.92. The van der Waals surface area contributed by atoms with Gasteiger partial charge in [0, 0.05) is 23.7 Å². The van der Waals surface area contributed by atoms with Crippen LogP contribution < -0.4 is 10.1 Å². The van der Waals surface area contributed by atoms with Gasteiger partial charge in [0.05, 0.1) is 12.3 Å². The van der Waals surface area contributed by atoms with Gasteiger partial charge in [0.1, 0.15) is 0 Å². The number of carbonyl (C=O) groups is 1. The topological polar surface area (TPSA) is 64.1 Å². The molecule has 5 heteroatoms. The summed E-state index contributed by atoms with van der Waals surface area (Å²) in [6.07, 6.45) is 0.506. The molecule has 0 bridgehead atoms. The lowest BCUT2D eigenvalue weighted by molar-refractivity contribution is -0.116. The van der Waals surface area contributed by atoms with Crippen LogP contribution in [0.25, 0.3) is 11.3 Å². The lowest BCUT2D eigenvalue weighted by atomic mass is 10.1. The van der Waals surface area contributed by atoms with Crippen molar-refractivity contribution in [3.63, 3.8) is 0 Å². The van der Waals surface area contributed by atoms with Gasteiger partial charge in [-0.2, -0.15) is 0 Å². The fraction of sp³-hybridized carbons (Fsp3) is 0.389. The van der Waals surface area contributed by atoms with E-state index in [-0.39, 0.29) is 5.91 Å². The van der Waals surface area contributed by atoms with Crippen molar-refractivity contribution in [1.82, 2.24) is 10.2 Å². The number of aryl methyl sites for hydroxylation is 1. The molecule has 2 rings (SSSR count). The van der Waals surface area contributed by atoms with Crippen LogP contribution in [0.3, 0.4) is 0 Å². The fourth-order valence-corrected chi connectivity index (χ4v) is 2.19. The molecule has 0 aliphatic heterocycles. The first-order valence-corrected chi connectivity index (χ1v) is 7.87. The third-order valence-electron chi connectivity index (χ3n) is 3.33. The Morgan fingerprint density at radius 2 is 2.00 bits per heavy atom. The van der Waals surface area contributed by atoms with Gasteiger partial charge in [-0.15, -0.1) is 10.2 Å². The summed E-state index contributed by atoms with van der Waals surface area (Å²) < 4.78 is 5.30. The third-order valence-corrected chi connectivity index (χ3v) is 3.33. The molecule has 1 aromatic carbocycles. The first kappa shape index (κ1) is 16.9. The Labute approximate surface area is 137 Å². The zero-order chi connectivity index (χ0) is 16.8. The van der Waals surface area contributed by atoms with Crippen LogP contribution in [-0.4, -0.2) is 22.7 Å². The summed E-state index contributed by atoms with van der Waals surface area (Å²) in [5, 5.41) is 11.2. The monoisotopic (exact) mass is 313 g/mol. The van der Waals surface area contributed by atoms with E-state index in [0.717, 1.165) is 22.5 Å². The van der Waals surface area contributed by atoms with Crippen molar-refractivity contribution < 1.29 is 9.53 Å². The lowest BCUT2D eigenvalue weighted by Gasteiger charge is -2.11. The van der Waals surface area contributed by atoms with Crippen LogP contribution in [0.15, 0.2) is 30.3 Å². The summed E-state index contributed by atoms with van der Waals surface area (Å²) in [7, 11) is 0. The van der Waals surface area contributed by atoms with Crippen LogP contribution in [0.4, 0.5) is 5.69 Å². The zero-order valence-electron chi connectivity index (χ0n) is 14.1. The van der Waals surface area contributed by atoms with Crippen molar-refractivity contribution in [2.45, 2.75) is 34.1 Å². The normalized spacial score (nSPS) is 10.7. The Balaban J connectivity index is 2.20. The maximum atomic E-state index is 12.0. The third kappa shape index (κ3) is 4.77. The lowest BCUT2D eigenvalue weighted by Crippen LogP contribution is -2.14. The van der Waals surface area contributed by atoms with E-state index in [1.807, 2.05) is 52.0 Å². The molecule has 5 nitrogen and oxygen atoms in total. The maximum absolute atomic E-state index is 12.0. The number of ether oxygens (including phenoxy) is 1. The number of benzene rings is 1. The molecular formula is C18H23N3O2. The molecule has 1 N–H and O–H groups in total. The van der Waals surface area contributed by atoms with Crippen LogP contribution in [0, 0.1) is 12.8 Å². The van der Waals surface area contributed by atoms with Crippen molar-refractivity contribution in [2.75, 3.05) is 11.9 Å². The van der Waals surface area contributed by atoms with Crippen molar-refractivity contribution in [1.29, 1.82) is 0 Å². The van der Waals surface area contributed by atoms with Crippen LogP contribution in [0.1, 0.15) is 32.8 Å². The zero-order valence-corrected chi connectivity index (χ0v) is 14.1. The molecule has 2 aromatic rings. The number of hydrogen-bond acceptors (Lipinski definition) is 4. The second-order valence-corrected chi connectivity index (χ2v) is 5.87. The standard InChI is InChI=1S/C18H23N3O2/c1-5-23-18-9-8-15(20-21-18)14-7-6-13(4)16(11-14)19-17(22)10-12(2)3/h6-9,11-12H,5,10H2,1-4H3,(H,19,22). The van der Waals surface area contributed by atoms with E-state index in [2.05, 4.69) is 15.5 Å². The number of rotatable bonds is 6. The highest BCUT2D eigenvalue weighted by Crippen LogP contribution is 2.25. The largest absolute Gasteiger partial charge is 0.477 e. The van der Waals surface area contributed by atoms with Gasteiger partial charge in [-0.1, -0.05) is 26.0 Å². The molecule has 1 amide bonds. The summed E-state index contributed by atoms with van der Waals surface area (Å²) in [6.45, 7) is 8.49. The number of anilines is 1. The summed E-state index contributed by atoms with van der Waals surface area (Å²) in [4.78, 5) is 12.0. The van der Waals surface area contributed by atoms with E-state index >= 15 is 0 Å². The van der Waals surface area contributed by atoms with Crippen LogP contribution in [-0.2, 0) is 4.79 Å². The summed E-state index contributed by atoms with van der Waals surface area (Å²) >= 11 is 0. The molecule has 0 aliphatic rings. The number of carbonyl (C=O) groups excluding carboxylic acids is 1. The fourth-order valence-electron chi connectivity index (χ4n) is 2.19. The minimum absolute atomic E-state index is 0.0260. The predicted molar refractivity (Wildman–Crippen MR) is 91.5 cm³/mol. The van der Waals surface area contributed by atoms with Crippen LogP contribution in [0.5, 0.6) is 5.88 Å². The Morgan fingerprint density at radius 3 is 2.61 bits per heavy atom. The van der Waals surface area contributed by atoms with E-state index in [0.29, 0.717) is 24.8 Å². The Hall–Kier alpha value is -2.43. The molecule has 0 unspecified atom stereocenters. The minimum atomic E-state index is 0.0260. The molecule has 1 aromatic heterocycles. The molecule has 0 spiro atoms. The average Bonchev–Trinajstić information content (AvgIpc) is 2.50. The molecule has 23 heavy (non-hydrogen) atoms. The number of nitrogens with one attached hydrogen (secondary N) is 1. The Bertz CT molecular complexity index is 666. The molecule has 0 saturated carbocycles. The highest BCUT2D eigenvalue weighted by atomic mass is 16.5. The van der Waals surface area contributed by atoms with E-state index in [1.165, 1.54) is 0 Å². The Kier molecular flexibility index (Phi) is 5.68. The van der Waals surface area contributed by atoms with Crippen molar-refractivity contribution >= 4 is 11.6 Å². The predicted octanol–water partition coefficient (Wildman–Crippen LogP) is 3.84. The quantitative estimate of drug-likeness (QED) is 0.880. The van der Waals surface area contributed by atoms with Gasteiger partial charge in [-0.3, -0.25) is 4.79 Å². The van der Waals surface area contributed by atoms with E-state index < -0.39 is 0 Å².